The summed E-state index contributed by atoms with van der Waals surface area (Å²) < 4.78 is 0. The van der Waals surface area contributed by atoms with Crippen LogP contribution in [-0.4, -0.2) is 38.4 Å². The Morgan fingerprint density at radius 2 is 1.85 bits per heavy atom. The molecule has 5 heteroatoms. The average molecular weight is 278 g/mol. The van der Waals surface area contributed by atoms with Crippen LogP contribution in [0.1, 0.15) is 40.4 Å². The predicted octanol–water partition coefficient (Wildman–Crippen LogP) is 0.678. The molecule has 1 saturated carbocycles. The largest absolute Gasteiger partial charge is 0.508 e. The predicted molar refractivity (Wildman–Crippen MR) is 70.4 cm³/mol. The second-order valence-corrected chi connectivity index (χ2v) is 5.87. The first kappa shape index (κ1) is 13.5. The van der Waals surface area contributed by atoms with Crippen molar-refractivity contribution >= 4 is 5.78 Å². The quantitative estimate of drug-likeness (QED) is 0.559. The van der Waals surface area contributed by atoms with Gasteiger partial charge in [0, 0.05) is 23.0 Å². The molecule has 1 aromatic rings. The first-order chi connectivity index (χ1) is 9.41. The van der Waals surface area contributed by atoms with Crippen molar-refractivity contribution in [1.82, 2.24) is 0 Å². The van der Waals surface area contributed by atoms with Crippen molar-refractivity contribution in [3.63, 3.8) is 0 Å². The number of aromatic hydroxyl groups is 1. The van der Waals surface area contributed by atoms with Gasteiger partial charge in [-0.05, 0) is 37.5 Å². The first-order valence-electron chi connectivity index (χ1n) is 6.83. The third-order valence-corrected chi connectivity index (χ3v) is 4.59. The summed E-state index contributed by atoms with van der Waals surface area (Å²) in [5.74, 6) is -1.56. The van der Waals surface area contributed by atoms with Crippen LogP contribution in [0.25, 0.3) is 0 Å². The molecule has 20 heavy (non-hydrogen) atoms. The lowest BCUT2D eigenvalue weighted by Gasteiger charge is -2.43. The molecule has 2 aliphatic carbocycles. The zero-order chi connectivity index (χ0) is 14.6. The Bertz CT molecular complexity index is 568. The highest BCUT2D eigenvalue weighted by Crippen LogP contribution is 2.48. The number of hydrogen-bond donors (Lipinski definition) is 4. The van der Waals surface area contributed by atoms with E-state index < -0.39 is 30.1 Å². The van der Waals surface area contributed by atoms with Gasteiger partial charge in [0.2, 0.25) is 0 Å². The molecular formula is C15H18O5. The molecular weight excluding hydrogens is 260 g/mol. The summed E-state index contributed by atoms with van der Waals surface area (Å²) in [4.78, 5) is 12.5. The van der Waals surface area contributed by atoms with E-state index in [9.17, 15) is 25.2 Å². The maximum atomic E-state index is 12.5. The van der Waals surface area contributed by atoms with Crippen LogP contribution < -0.4 is 0 Å². The molecule has 0 saturated heterocycles. The Kier molecular flexibility index (Phi) is 3.08. The summed E-state index contributed by atoms with van der Waals surface area (Å²) in [6.45, 7) is 1.77. The molecule has 3 rings (SSSR count). The maximum absolute atomic E-state index is 12.5. The molecule has 5 nitrogen and oxygen atoms in total. The third-order valence-electron chi connectivity index (χ3n) is 4.59. The molecule has 2 aliphatic rings. The summed E-state index contributed by atoms with van der Waals surface area (Å²) in [6, 6.07) is 3.15. The second-order valence-electron chi connectivity index (χ2n) is 5.87. The average Bonchev–Trinajstić information content (AvgIpc) is 2.38. The number of phenols is 1. The summed E-state index contributed by atoms with van der Waals surface area (Å²) >= 11 is 0. The number of fused-ring (bicyclic) bond motifs is 2. The molecule has 0 spiro atoms. The van der Waals surface area contributed by atoms with Crippen LogP contribution in [0.15, 0.2) is 12.1 Å². The standard InChI is InChI=1S/C15H18O5/c1-6-4-8-11(10(17)5-6)15(20)12-7(13(8)18)2-3-9(16)14(12)19/h4-5,7,9,12,14-17,19-20H,2-3H2,1H3/t7-,9-,12+,14+,15-/m1/s1. The maximum Gasteiger partial charge on any atom is 0.166 e. The van der Waals surface area contributed by atoms with E-state index in [0.29, 0.717) is 18.4 Å². The minimum absolute atomic E-state index is 0.133. The number of rotatable bonds is 0. The number of carbonyl (C=O) groups is 1. The number of aryl methyl sites for hydroxylation is 1. The van der Waals surface area contributed by atoms with Crippen molar-refractivity contribution in [3.05, 3.63) is 28.8 Å². The van der Waals surface area contributed by atoms with Gasteiger partial charge >= 0.3 is 0 Å². The van der Waals surface area contributed by atoms with Crippen LogP contribution in [0.5, 0.6) is 5.75 Å². The van der Waals surface area contributed by atoms with Gasteiger partial charge in [-0.2, -0.15) is 0 Å². The highest BCUT2D eigenvalue weighted by Gasteiger charge is 2.50. The Morgan fingerprint density at radius 1 is 1.15 bits per heavy atom. The molecule has 4 N–H and O–H groups in total. The van der Waals surface area contributed by atoms with E-state index in [0.717, 1.165) is 5.56 Å². The van der Waals surface area contributed by atoms with Gasteiger partial charge in [0.05, 0.1) is 18.3 Å². The van der Waals surface area contributed by atoms with Crippen LogP contribution in [0.2, 0.25) is 0 Å². The van der Waals surface area contributed by atoms with E-state index in [1.807, 2.05) is 0 Å². The summed E-state index contributed by atoms with van der Waals surface area (Å²) in [5.41, 5.74) is 1.26. The SMILES string of the molecule is Cc1cc(O)c2c(c1)C(=O)[C@@H]1CC[C@@H](O)[C@H](O)[C@H]1[C@@H]2O. The summed E-state index contributed by atoms with van der Waals surface area (Å²) in [5, 5.41) is 40.3. The lowest BCUT2D eigenvalue weighted by atomic mass is 9.64. The van der Waals surface area contributed by atoms with Crippen molar-refractivity contribution in [2.45, 2.75) is 38.1 Å². The van der Waals surface area contributed by atoms with E-state index in [4.69, 9.17) is 0 Å². The van der Waals surface area contributed by atoms with E-state index in [2.05, 4.69) is 0 Å². The van der Waals surface area contributed by atoms with Gasteiger partial charge in [0.1, 0.15) is 5.75 Å². The number of Topliss-reactive ketones (excluding diaryl/α,β-unsaturated/α-hetero) is 1. The van der Waals surface area contributed by atoms with Crippen molar-refractivity contribution in [3.8, 4) is 5.75 Å². The minimum atomic E-state index is -1.15. The smallest absolute Gasteiger partial charge is 0.166 e. The molecule has 0 heterocycles. The summed E-state index contributed by atoms with van der Waals surface area (Å²) in [7, 11) is 0. The van der Waals surface area contributed by atoms with Crippen LogP contribution in [0.4, 0.5) is 0 Å². The van der Waals surface area contributed by atoms with Crippen LogP contribution in [-0.2, 0) is 0 Å². The van der Waals surface area contributed by atoms with Crippen molar-refractivity contribution in [1.29, 1.82) is 0 Å². The Morgan fingerprint density at radius 3 is 2.55 bits per heavy atom. The monoisotopic (exact) mass is 278 g/mol. The fourth-order valence-corrected chi connectivity index (χ4v) is 3.61. The Hall–Kier alpha value is -1.43. The fourth-order valence-electron chi connectivity index (χ4n) is 3.61. The third kappa shape index (κ3) is 1.78. The normalized spacial score (nSPS) is 36.4. The van der Waals surface area contributed by atoms with E-state index >= 15 is 0 Å². The van der Waals surface area contributed by atoms with E-state index in [1.54, 1.807) is 13.0 Å². The highest BCUT2D eigenvalue weighted by molar-refractivity contribution is 6.01. The van der Waals surface area contributed by atoms with Gasteiger partial charge in [-0.25, -0.2) is 0 Å². The van der Waals surface area contributed by atoms with Crippen LogP contribution in [0.3, 0.4) is 0 Å². The number of carbonyl (C=O) groups excluding carboxylic acids is 1. The number of aliphatic hydroxyl groups excluding tert-OH is 3. The molecule has 0 aliphatic heterocycles. The van der Waals surface area contributed by atoms with Gasteiger partial charge in [0.25, 0.3) is 0 Å². The lowest BCUT2D eigenvalue weighted by molar-refractivity contribution is -0.104. The molecule has 108 valence electrons. The number of phenolic OH excluding ortho intramolecular Hbond substituents is 1. The van der Waals surface area contributed by atoms with Crippen molar-refractivity contribution in [2.24, 2.45) is 11.8 Å². The van der Waals surface area contributed by atoms with Gasteiger partial charge < -0.3 is 20.4 Å². The minimum Gasteiger partial charge on any atom is -0.508 e. The van der Waals surface area contributed by atoms with E-state index in [-0.39, 0.29) is 17.1 Å². The van der Waals surface area contributed by atoms with Gasteiger partial charge in [0.15, 0.2) is 5.78 Å². The Balaban J connectivity index is 2.15. The van der Waals surface area contributed by atoms with Crippen molar-refractivity contribution < 1.29 is 25.2 Å². The van der Waals surface area contributed by atoms with Crippen LogP contribution >= 0.6 is 0 Å². The van der Waals surface area contributed by atoms with E-state index in [1.165, 1.54) is 6.07 Å². The number of benzene rings is 1. The zero-order valence-electron chi connectivity index (χ0n) is 11.2. The van der Waals surface area contributed by atoms with Gasteiger partial charge in [-0.15, -0.1) is 0 Å². The summed E-state index contributed by atoms with van der Waals surface area (Å²) in [6.07, 6.45) is -2.45. The molecule has 0 unspecified atom stereocenters. The fraction of sp³-hybridized carbons (Fsp3) is 0.533. The number of ketones is 1. The molecule has 1 fully saturated rings. The number of aliphatic hydroxyl groups is 3. The van der Waals surface area contributed by atoms with Crippen molar-refractivity contribution in [2.75, 3.05) is 0 Å². The molecule has 0 aromatic heterocycles. The van der Waals surface area contributed by atoms with Crippen LogP contribution in [0, 0.1) is 18.8 Å². The number of hydrogen-bond acceptors (Lipinski definition) is 5. The molecule has 5 atom stereocenters. The van der Waals surface area contributed by atoms with Gasteiger partial charge in [-0.1, -0.05) is 0 Å². The molecule has 0 bridgehead atoms. The Labute approximate surface area is 116 Å². The zero-order valence-corrected chi connectivity index (χ0v) is 11.2. The molecule has 0 amide bonds. The molecule has 1 aromatic carbocycles. The highest BCUT2D eigenvalue weighted by atomic mass is 16.3. The second kappa shape index (κ2) is 4.55. The first-order valence-corrected chi connectivity index (χ1v) is 6.83. The van der Waals surface area contributed by atoms with Gasteiger partial charge in [-0.3, -0.25) is 4.79 Å². The topological polar surface area (TPSA) is 98.0 Å². The lowest BCUT2D eigenvalue weighted by Crippen LogP contribution is -2.50. The molecule has 0 radical (unpaired) electrons.